The van der Waals surface area contributed by atoms with Gasteiger partial charge in [-0.25, -0.2) is 9.78 Å². The first kappa shape index (κ1) is 17.8. The maximum absolute atomic E-state index is 12.7. The number of pyridine rings is 1. The molecule has 1 aliphatic rings. The molecule has 1 heterocycles. The summed E-state index contributed by atoms with van der Waals surface area (Å²) in [5.41, 5.74) is 1.77. The molecule has 0 unspecified atom stereocenters. The minimum Gasteiger partial charge on any atom is -0.462 e. The molecule has 1 aromatic heterocycles. The number of hydrogen-bond donors (Lipinski definition) is 1. The number of ether oxygens (including phenoxy) is 1. The molecule has 0 aliphatic heterocycles. The molecule has 3 rings (SSSR count). The van der Waals surface area contributed by atoms with Crippen molar-refractivity contribution >= 4 is 34.8 Å². The summed E-state index contributed by atoms with van der Waals surface area (Å²) in [6, 6.07) is 9.54. The number of esters is 1. The molecular weight excluding hydrogens is 356 g/mol. The molecule has 0 saturated heterocycles. The average Bonchev–Trinajstić information content (AvgIpc) is 2.64. The lowest BCUT2D eigenvalue weighted by atomic mass is 9.96. The first-order valence-corrected chi connectivity index (χ1v) is 8.31. The summed E-state index contributed by atoms with van der Waals surface area (Å²) in [6.07, 6.45) is 0. The highest BCUT2D eigenvalue weighted by atomic mass is 35.5. The molecule has 7 heteroatoms. The highest BCUT2D eigenvalue weighted by Crippen LogP contribution is 2.28. The van der Waals surface area contributed by atoms with Crippen LogP contribution in [0.25, 0.3) is 0 Å². The highest BCUT2D eigenvalue weighted by molar-refractivity contribution is 6.50. The third-order valence-electron chi connectivity index (χ3n) is 3.81. The molecule has 0 fully saturated rings. The van der Waals surface area contributed by atoms with Gasteiger partial charge in [0, 0.05) is 11.4 Å². The van der Waals surface area contributed by atoms with Crippen LogP contribution >= 0.6 is 11.6 Å². The maximum Gasteiger partial charge on any atom is 0.338 e. The van der Waals surface area contributed by atoms with E-state index in [4.69, 9.17) is 16.3 Å². The number of rotatable bonds is 4. The van der Waals surface area contributed by atoms with Crippen LogP contribution in [0.1, 0.15) is 43.8 Å². The summed E-state index contributed by atoms with van der Waals surface area (Å²) in [5, 5.41) is 2.65. The van der Waals surface area contributed by atoms with Gasteiger partial charge < -0.3 is 10.1 Å². The van der Waals surface area contributed by atoms with Gasteiger partial charge in [0.25, 0.3) is 0 Å². The summed E-state index contributed by atoms with van der Waals surface area (Å²) < 4.78 is 4.92. The number of hydrogen-bond acceptors (Lipinski definition) is 6. The van der Waals surface area contributed by atoms with Crippen LogP contribution in [0.15, 0.2) is 47.1 Å². The third kappa shape index (κ3) is 3.23. The fourth-order valence-corrected chi connectivity index (χ4v) is 2.75. The minimum atomic E-state index is -0.504. The lowest BCUT2D eigenvalue weighted by molar-refractivity contribution is 0.0526. The molecule has 1 N–H and O–H groups in total. The molecule has 26 heavy (non-hydrogen) atoms. The zero-order valence-corrected chi connectivity index (χ0v) is 14.9. The number of fused-ring (bicyclic) bond motifs is 1. The summed E-state index contributed by atoms with van der Waals surface area (Å²) >= 11 is 6.11. The molecule has 1 aliphatic carbocycles. The molecule has 132 valence electrons. The van der Waals surface area contributed by atoms with Crippen molar-refractivity contribution < 1.29 is 19.1 Å². The Morgan fingerprint density at radius 2 is 1.81 bits per heavy atom. The number of Topliss-reactive ketones (excluding diaryl/α,β-unsaturated/α-hetero) is 2. The summed E-state index contributed by atoms with van der Waals surface area (Å²) in [7, 11) is 0. The van der Waals surface area contributed by atoms with E-state index < -0.39 is 17.5 Å². The number of nitrogens with one attached hydrogen (secondary N) is 1. The van der Waals surface area contributed by atoms with Crippen LogP contribution in [0, 0.1) is 6.92 Å². The lowest BCUT2D eigenvalue weighted by Crippen LogP contribution is -2.25. The molecule has 0 spiro atoms. The smallest absolute Gasteiger partial charge is 0.338 e. The fourth-order valence-electron chi connectivity index (χ4n) is 2.52. The molecular formula is C19H15ClN2O4. The summed E-state index contributed by atoms with van der Waals surface area (Å²) in [4.78, 5) is 40.9. The number of halogens is 1. The van der Waals surface area contributed by atoms with Crippen LogP contribution in [0.3, 0.4) is 0 Å². The Kier molecular flexibility index (Phi) is 4.86. The molecule has 1 aromatic carbocycles. The van der Waals surface area contributed by atoms with Crippen LogP contribution < -0.4 is 5.32 Å². The van der Waals surface area contributed by atoms with Crippen molar-refractivity contribution in [3.63, 3.8) is 0 Å². The van der Waals surface area contributed by atoms with Gasteiger partial charge in [0.05, 0.1) is 17.7 Å². The number of nitrogens with zero attached hydrogens (tertiary/aromatic N) is 1. The molecule has 6 nitrogen and oxygen atoms in total. The second-order valence-corrected chi connectivity index (χ2v) is 6.00. The second kappa shape index (κ2) is 7.09. The van der Waals surface area contributed by atoms with Gasteiger partial charge in [0.15, 0.2) is 0 Å². The van der Waals surface area contributed by atoms with Crippen molar-refractivity contribution in [2.75, 3.05) is 11.9 Å². The van der Waals surface area contributed by atoms with Crippen molar-refractivity contribution in [2.45, 2.75) is 13.8 Å². The van der Waals surface area contributed by atoms with Crippen molar-refractivity contribution in [3.05, 3.63) is 69.6 Å². The Balaban J connectivity index is 1.89. The summed E-state index contributed by atoms with van der Waals surface area (Å²) in [5.74, 6) is -1.35. The Labute approximate surface area is 154 Å². The quantitative estimate of drug-likeness (QED) is 0.829. The minimum absolute atomic E-state index is 0.0151. The monoisotopic (exact) mass is 370 g/mol. The molecule has 2 aromatic rings. The largest absolute Gasteiger partial charge is 0.462 e. The maximum atomic E-state index is 12.7. The predicted molar refractivity (Wildman–Crippen MR) is 96.5 cm³/mol. The van der Waals surface area contributed by atoms with Gasteiger partial charge in [0.1, 0.15) is 16.4 Å². The average molecular weight is 371 g/mol. The van der Waals surface area contributed by atoms with Crippen LogP contribution in [-0.4, -0.2) is 29.1 Å². The van der Waals surface area contributed by atoms with Crippen LogP contribution in [0.4, 0.5) is 5.69 Å². The summed E-state index contributed by atoms with van der Waals surface area (Å²) in [6.45, 7) is 3.74. The Morgan fingerprint density at radius 1 is 1.12 bits per heavy atom. The Bertz CT molecular complexity index is 949. The number of benzene rings is 1. The van der Waals surface area contributed by atoms with E-state index >= 15 is 0 Å². The zero-order chi connectivity index (χ0) is 18.8. The Morgan fingerprint density at radius 3 is 2.46 bits per heavy atom. The molecule has 0 amide bonds. The lowest BCUT2D eigenvalue weighted by Gasteiger charge is -2.18. The van der Waals surface area contributed by atoms with Crippen LogP contribution in [0.2, 0.25) is 0 Å². The SMILES string of the molecule is CCOC(=O)c1ccc(NC2=C(Cl)C(=O)c3nc(C)ccc3C2=O)cc1. The van der Waals surface area contributed by atoms with Gasteiger partial charge in [-0.2, -0.15) is 0 Å². The third-order valence-corrected chi connectivity index (χ3v) is 4.17. The van der Waals surface area contributed by atoms with E-state index in [1.54, 1.807) is 50.2 Å². The standard InChI is InChI=1S/C19H15ClN2O4/c1-3-26-19(25)11-5-7-12(8-6-11)22-16-14(20)18(24)15-13(17(16)23)9-4-10(2)21-15/h4-9,22H,3H2,1-2H3. The van der Waals surface area contributed by atoms with E-state index in [1.807, 2.05) is 0 Å². The van der Waals surface area contributed by atoms with E-state index in [-0.39, 0.29) is 28.6 Å². The Hall–Kier alpha value is -2.99. The van der Waals surface area contributed by atoms with Gasteiger partial charge >= 0.3 is 5.97 Å². The van der Waals surface area contributed by atoms with E-state index in [1.165, 1.54) is 0 Å². The number of allylic oxidation sites excluding steroid dienone is 2. The molecule has 0 atom stereocenters. The molecule has 0 saturated carbocycles. The van der Waals surface area contributed by atoms with Gasteiger partial charge in [-0.15, -0.1) is 0 Å². The zero-order valence-electron chi connectivity index (χ0n) is 14.1. The van der Waals surface area contributed by atoms with Crippen molar-refractivity contribution in [1.29, 1.82) is 0 Å². The van der Waals surface area contributed by atoms with Crippen molar-refractivity contribution in [3.8, 4) is 0 Å². The number of anilines is 1. The molecule has 0 radical (unpaired) electrons. The topological polar surface area (TPSA) is 85.4 Å². The normalized spacial score (nSPS) is 13.5. The van der Waals surface area contributed by atoms with E-state index in [0.717, 1.165) is 0 Å². The number of aromatic nitrogens is 1. The van der Waals surface area contributed by atoms with Gasteiger partial charge in [-0.1, -0.05) is 11.6 Å². The predicted octanol–water partition coefficient (Wildman–Crippen LogP) is 3.51. The number of carbonyl (C=O) groups excluding carboxylic acids is 3. The highest BCUT2D eigenvalue weighted by Gasteiger charge is 2.32. The van der Waals surface area contributed by atoms with Gasteiger partial charge in [0.2, 0.25) is 11.6 Å². The number of carbonyl (C=O) groups is 3. The van der Waals surface area contributed by atoms with E-state index in [9.17, 15) is 14.4 Å². The van der Waals surface area contributed by atoms with Crippen LogP contribution in [0.5, 0.6) is 0 Å². The first-order chi connectivity index (χ1) is 12.4. The fraction of sp³-hybridized carbons (Fsp3) is 0.158. The van der Waals surface area contributed by atoms with Gasteiger partial charge in [-0.05, 0) is 50.2 Å². The number of aryl methyl sites for hydroxylation is 1. The van der Waals surface area contributed by atoms with Crippen LogP contribution in [-0.2, 0) is 4.74 Å². The number of ketones is 2. The first-order valence-electron chi connectivity index (χ1n) is 7.93. The van der Waals surface area contributed by atoms with Crippen molar-refractivity contribution in [1.82, 2.24) is 4.98 Å². The van der Waals surface area contributed by atoms with Crippen molar-refractivity contribution in [2.24, 2.45) is 0 Å². The molecule has 0 bridgehead atoms. The van der Waals surface area contributed by atoms with E-state index in [2.05, 4.69) is 10.3 Å². The second-order valence-electron chi connectivity index (χ2n) is 5.62. The van der Waals surface area contributed by atoms with Gasteiger partial charge in [-0.3, -0.25) is 9.59 Å². The van der Waals surface area contributed by atoms with E-state index in [0.29, 0.717) is 16.9 Å².